The highest BCUT2D eigenvalue weighted by Crippen LogP contribution is 2.61. The van der Waals surface area contributed by atoms with Crippen molar-refractivity contribution in [3.05, 3.63) is 257 Å². The van der Waals surface area contributed by atoms with Crippen LogP contribution in [0.25, 0.3) is 44.5 Å². The minimum atomic E-state index is -0.574. The van der Waals surface area contributed by atoms with Crippen molar-refractivity contribution in [1.82, 2.24) is 0 Å². The highest BCUT2D eigenvalue weighted by molar-refractivity contribution is 6.01. The van der Waals surface area contributed by atoms with Gasteiger partial charge in [0.15, 0.2) is 0 Å². The molecule has 0 aliphatic heterocycles. The van der Waals surface area contributed by atoms with E-state index < -0.39 is 5.41 Å². The van der Waals surface area contributed by atoms with E-state index in [9.17, 15) is 0 Å². The molecule has 326 valence electrons. The zero-order valence-electron chi connectivity index (χ0n) is 39.6. The van der Waals surface area contributed by atoms with Gasteiger partial charge >= 0.3 is 0 Å². The van der Waals surface area contributed by atoms with E-state index in [1.165, 1.54) is 100 Å². The molecule has 0 heterocycles. The molecule has 0 unspecified atom stereocenters. The van der Waals surface area contributed by atoms with Gasteiger partial charge in [0.2, 0.25) is 0 Å². The van der Waals surface area contributed by atoms with Crippen LogP contribution in [-0.2, 0) is 21.7 Å². The first-order valence-electron chi connectivity index (χ1n) is 24.2. The van der Waals surface area contributed by atoms with E-state index in [2.05, 4.69) is 259 Å². The molecule has 9 aromatic carbocycles. The van der Waals surface area contributed by atoms with Crippen molar-refractivity contribution in [3.8, 4) is 44.5 Å². The van der Waals surface area contributed by atoms with Gasteiger partial charge in [0.1, 0.15) is 0 Å². The number of anilines is 3. The minimum absolute atomic E-state index is 0.0351. The lowest BCUT2D eigenvalue weighted by Crippen LogP contribution is -2.34. The molecule has 1 heteroatoms. The molecule has 0 amide bonds. The van der Waals surface area contributed by atoms with E-state index in [0.717, 1.165) is 18.5 Å². The Hall–Kier alpha value is -7.22. The van der Waals surface area contributed by atoms with Gasteiger partial charge in [-0.3, -0.25) is 0 Å². The van der Waals surface area contributed by atoms with E-state index in [0.29, 0.717) is 0 Å². The molecule has 0 N–H and O–H groups in total. The van der Waals surface area contributed by atoms with Crippen molar-refractivity contribution >= 4 is 17.1 Å². The second-order valence-electron chi connectivity index (χ2n) is 21.1. The van der Waals surface area contributed by atoms with Crippen LogP contribution in [0.4, 0.5) is 17.1 Å². The van der Waals surface area contributed by atoms with Crippen molar-refractivity contribution in [1.29, 1.82) is 0 Å². The molecule has 0 spiro atoms. The largest absolute Gasteiger partial charge is 0.309 e. The lowest BCUT2D eigenvalue weighted by Gasteiger charge is -2.43. The topological polar surface area (TPSA) is 3.24 Å². The Morgan fingerprint density at radius 2 is 0.866 bits per heavy atom. The van der Waals surface area contributed by atoms with Crippen LogP contribution in [0.5, 0.6) is 0 Å². The van der Waals surface area contributed by atoms with Crippen molar-refractivity contribution in [3.63, 3.8) is 0 Å². The Bertz CT molecular complexity index is 3310. The first-order valence-corrected chi connectivity index (χ1v) is 24.2. The normalized spacial score (nSPS) is 16.3. The van der Waals surface area contributed by atoms with Gasteiger partial charge in [-0.15, -0.1) is 0 Å². The Labute approximate surface area is 397 Å². The van der Waals surface area contributed by atoms with Gasteiger partial charge in [0, 0.05) is 22.2 Å². The first kappa shape index (κ1) is 41.2. The summed E-state index contributed by atoms with van der Waals surface area (Å²) in [5, 5.41) is 0. The molecule has 0 aromatic heterocycles. The molecule has 0 bridgehead atoms. The van der Waals surface area contributed by atoms with Crippen LogP contribution in [0.1, 0.15) is 98.9 Å². The van der Waals surface area contributed by atoms with E-state index in [1.807, 2.05) is 0 Å². The molecule has 3 aliphatic carbocycles. The van der Waals surface area contributed by atoms with Crippen LogP contribution in [-0.4, -0.2) is 0 Å². The van der Waals surface area contributed by atoms with Gasteiger partial charge in [-0.1, -0.05) is 224 Å². The maximum absolute atomic E-state index is 2.63. The Morgan fingerprint density at radius 3 is 1.55 bits per heavy atom. The highest BCUT2D eigenvalue weighted by Gasteiger charge is 2.48. The van der Waals surface area contributed by atoms with Crippen molar-refractivity contribution in [2.75, 3.05) is 4.90 Å². The van der Waals surface area contributed by atoms with Gasteiger partial charge < -0.3 is 4.90 Å². The predicted molar refractivity (Wildman–Crippen MR) is 282 cm³/mol. The molecule has 12 rings (SSSR count). The van der Waals surface area contributed by atoms with Gasteiger partial charge in [-0.25, -0.2) is 0 Å². The summed E-state index contributed by atoms with van der Waals surface area (Å²) in [6.45, 7) is 14.6. The molecule has 1 nitrogen and oxygen atoms in total. The predicted octanol–water partition coefficient (Wildman–Crippen LogP) is 17.5. The maximum Gasteiger partial charge on any atom is 0.0714 e. The molecule has 0 fully saturated rings. The quantitative estimate of drug-likeness (QED) is 0.154. The van der Waals surface area contributed by atoms with E-state index in [-0.39, 0.29) is 16.2 Å². The number of hydrogen-bond donors (Lipinski definition) is 0. The van der Waals surface area contributed by atoms with Crippen LogP contribution >= 0.6 is 0 Å². The standard InChI is InChI=1S/C66H57N/c1-63(2)40-41-64(3,4)62-50(30-20-34-57(62)63)53-42-52-49-28-16-19-32-55(49)66(46-24-12-8-13-25-46,47-26-14-9-15-27-47)58(52)43-60(53)67(48-38-36-45(37-39-48)44-22-10-7-11-23-44)59-35-21-33-56-61(59)51-29-17-18-31-54(51)65(56,5)6/h7-39,42-43H,40-41H2,1-6H3. The fourth-order valence-electron chi connectivity index (χ4n) is 12.6. The van der Waals surface area contributed by atoms with Crippen molar-refractivity contribution in [2.24, 2.45) is 0 Å². The Kier molecular flexibility index (Phi) is 9.33. The second kappa shape index (κ2) is 15.2. The average molecular weight is 864 g/mol. The third-order valence-corrected chi connectivity index (χ3v) is 16.0. The Morgan fingerprint density at radius 1 is 0.343 bits per heavy atom. The minimum Gasteiger partial charge on any atom is -0.309 e. The summed E-state index contributed by atoms with van der Waals surface area (Å²) in [7, 11) is 0. The third-order valence-electron chi connectivity index (χ3n) is 16.0. The molecule has 3 aliphatic rings. The van der Waals surface area contributed by atoms with Crippen molar-refractivity contribution < 1.29 is 0 Å². The SMILES string of the molecule is CC1(C)CCC(C)(C)c2c(-c3cc4c(cc3N(c3ccc(-c5ccccc5)cc3)c3cccc5c3-c3ccccc3C5(C)C)C(c3ccccc3)(c3ccccc3)c3ccccc3-4)cccc21. The van der Waals surface area contributed by atoms with E-state index in [4.69, 9.17) is 0 Å². The number of rotatable bonds is 7. The molecule has 0 saturated heterocycles. The van der Waals surface area contributed by atoms with Crippen LogP contribution in [0, 0.1) is 0 Å². The van der Waals surface area contributed by atoms with E-state index >= 15 is 0 Å². The molecule has 9 aromatic rings. The first-order chi connectivity index (χ1) is 32.5. The number of benzene rings is 9. The molecular formula is C66H57N. The smallest absolute Gasteiger partial charge is 0.0714 e. The van der Waals surface area contributed by atoms with Crippen molar-refractivity contribution in [2.45, 2.75) is 76.0 Å². The summed E-state index contributed by atoms with van der Waals surface area (Å²) in [5.41, 5.74) is 23.7. The fourth-order valence-corrected chi connectivity index (χ4v) is 12.6. The summed E-state index contributed by atoms with van der Waals surface area (Å²) in [4.78, 5) is 2.63. The number of hydrogen-bond acceptors (Lipinski definition) is 1. The van der Waals surface area contributed by atoms with Crippen LogP contribution in [0.2, 0.25) is 0 Å². The fraction of sp³-hybridized carbons (Fsp3) is 0.182. The van der Waals surface area contributed by atoms with Gasteiger partial charge in [-0.2, -0.15) is 0 Å². The maximum atomic E-state index is 2.63. The average Bonchev–Trinajstić information content (AvgIpc) is 3.79. The zero-order valence-corrected chi connectivity index (χ0v) is 39.6. The monoisotopic (exact) mass is 863 g/mol. The van der Waals surface area contributed by atoms with E-state index in [1.54, 1.807) is 0 Å². The summed E-state index contributed by atoms with van der Waals surface area (Å²) in [6, 6.07) is 80.4. The zero-order chi connectivity index (χ0) is 45.7. The number of nitrogens with zero attached hydrogens (tertiary/aromatic N) is 1. The molecule has 0 radical (unpaired) electrons. The third kappa shape index (κ3) is 6.13. The molecule has 0 atom stereocenters. The summed E-state index contributed by atoms with van der Waals surface area (Å²) in [5.74, 6) is 0. The number of fused-ring (bicyclic) bond motifs is 7. The molecule has 0 saturated carbocycles. The molecular weight excluding hydrogens is 807 g/mol. The lowest BCUT2D eigenvalue weighted by molar-refractivity contribution is 0.333. The summed E-state index contributed by atoms with van der Waals surface area (Å²) < 4.78 is 0. The highest BCUT2D eigenvalue weighted by atomic mass is 15.1. The van der Waals surface area contributed by atoms with Gasteiger partial charge in [0.05, 0.1) is 16.8 Å². The van der Waals surface area contributed by atoms with Crippen LogP contribution in [0.3, 0.4) is 0 Å². The molecule has 67 heavy (non-hydrogen) atoms. The Balaban J connectivity index is 1.25. The summed E-state index contributed by atoms with van der Waals surface area (Å²) in [6.07, 6.45) is 2.28. The van der Waals surface area contributed by atoms with Crippen LogP contribution in [0.15, 0.2) is 212 Å². The summed E-state index contributed by atoms with van der Waals surface area (Å²) >= 11 is 0. The van der Waals surface area contributed by atoms with Gasteiger partial charge in [-0.05, 0) is 132 Å². The van der Waals surface area contributed by atoms with Gasteiger partial charge in [0.25, 0.3) is 0 Å². The van der Waals surface area contributed by atoms with Crippen LogP contribution < -0.4 is 4.90 Å². The second-order valence-corrected chi connectivity index (χ2v) is 21.1. The lowest BCUT2D eigenvalue weighted by atomic mass is 9.61.